The molecule has 0 aromatic heterocycles. The Balaban J connectivity index is 4.41. The summed E-state index contributed by atoms with van der Waals surface area (Å²) in [6.07, 6.45) is 2.01. The van der Waals surface area contributed by atoms with Gasteiger partial charge in [0.25, 0.3) is 0 Å². The second-order valence-electron chi connectivity index (χ2n) is 4.61. The maximum Gasteiger partial charge on any atom is 0.323 e. The van der Waals surface area contributed by atoms with Crippen LogP contribution in [0.1, 0.15) is 47.5 Å². The molecule has 3 heteroatoms. The second kappa shape index (κ2) is 8.57. The number of esters is 1. The molecule has 3 nitrogen and oxygen atoms in total. The topological polar surface area (TPSA) is 38.3 Å². The van der Waals surface area contributed by atoms with Crippen LogP contribution in [0.5, 0.6) is 0 Å². The zero-order valence-corrected chi connectivity index (χ0v) is 11.4. The highest BCUT2D eigenvalue weighted by atomic mass is 16.5. The van der Waals surface area contributed by atoms with Gasteiger partial charge in [-0.2, -0.15) is 0 Å². The summed E-state index contributed by atoms with van der Waals surface area (Å²) in [5.74, 6) is 0.820. The number of hydrogen-bond acceptors (Lipinski definition) is 3. The summed E-state index contributed by atoms with van der Waals surface area (Å²) < 4.78 is 5.12. The van der Waals surface area contributed by atoms with E-state index in [1.807, 2.05) is 6.92 Å². The standard InChI is InChI=1S/C13H27NO2/c1-6-11(7-2)12(13(15)16-8-3)14-9-10(4)5/h10-12,14H,6-9H2,1-5H3. The van der Waals surface area contributed by atoms with Crippen molar-refractivity contribution in [1.29, 1.82) is 0 Å². The normalized spacial score (nSPS) is 13.2. The van der Waals surface area contributed by atoms with E-state index in [2.05, 4.69) is 33.0 Å². The van der Waals surface area contributed by atoms with Gasteiger partial charge in [0.1, 0.15) is 6.04 Å². The highest BCUT2D eigenvalue weighted by Crippen LogP contribution is 2.15. The summed E-state index contributed by atoms with van der Waals surface area (Å²) in [4.78, 5) is 11.8. The molecule has 0 spiro atoms. The fourth-order valence-electron chi connectivity index (χ4n) is 1.80. The molecule has 96 valence electrons. The highest BCUT2D eigenvalue weighted by Gasteiger charge is 2.26. The number of hydrogen-bond donors (Lipinski definition) is 1. The Hall–Kier alpha value is -0.570. The third-order valence-electron chi connectivity index (χ3n) is 2.81. The molecule has 1 N–H and O–H groups in total. The first-order valence-corrected chi connectivity index (χ1v) is 6.46. The van der Waals surface area contributed by atoms with Gasteiger partial charge in [0.15, 0.2) is 0 Å². The molecule has 0 aromatic carbocycles. The van der Waals surface area contributed by atoms with Crippen LogP contribution in [0.25, 0.3) is 0 Å². The first kappa shape index (κ1) is 15.4. The lowest BCUT2D eigenvalue weighted by Gasteiger charge is -2.25. The zero-order valence-electron chi connectivity index (χ0n) is 11.4. The van der Waals surface area contributed by atoms with E-state index < -0.39 is 0 Å². The van der Waals surface area contributed by atoms with Gasteiger partial charge in [-0.3, -0.25) is 4.79 Å². The molecule has 0 saturated carbocycles. The Kier molecular flexibility index (Phi) is 8.26. The van der Waals surface area contributed by atoms with Gasteiger partial charge in [0.2, 0.25) is 0 Å². The van der Waals surface area contributed by atoms with Crippen LogP contribution in [0.3, 0.4) is 0 Å². The first-order valence-electron chi connectivity index (χ1n) is 6.46. The van der Waals surface area contributed by atoms with Gasteiger partial charge in [-0.15, -0.1) is 0 Å². The lowest BCUT2D eigenvalue weighted by atomic mass is 9.94. The summed E-state index contributed by atoms with van der Waals surface area (Å²) in [5, 5.41) is 3.33. The molecule has 16 heavy (non-hydrogen) atoms. The first-order chi connectivity index (χ1) is 7.56. The quantitative estimate of drug-likeness (QED) is 0.650. The van der Waals surface area contributed by atoms with Gasteiger partial charge >= 0.3 is 5.97 Å². The minimum Gasteiger partial charge on any atom is -0.465 e. The molecule has 0 aliphatic rings. The van der Waals surface area contributed by atoms with Crippen LogP contribution in [0, 0.1) is 11.8 Å². The van der Waals surface area contributed by atoms with Gasteiger partial charge in [-0.1, -0.05) is 40.5 Å². The molecule has 0 fully saturated rings. The van der Waals surface area contributed by atoms with E-state index in [0.717, 1.165) is 19.4 Å². The summed E-state index contributed by atoms with van der Waals surface area (Å²) >= 11 is 0. The van der Waals surface area contributed by atoms with E-state index in [1.165, 1.54) is 0 Å². The maximum absolute atomic E-state index is 11.8. The van der Waals surface area contributed by atoms with Crippen molar-refractivity contribution in [3.63, 3.8) is 0 Å². The van der Waals surface area contributed by atoms with Gasteiger partial charge in [-0.05, 0) is 25.3 Å². The van der Waals surface area contributed by atoms with Gasteiger partial charge < -0.3 is 10.1 Å². The number of nitrogens with one attached hydrogen (secondary N) is 1. The lowest BCUT2D eigenvalue weighted by Crippen LogP contribution is -2.45. The van der Waals surface area contributed by atoms with E-state index in [-0.39, 0.29) is 12.0 Å². The molecule has 1 atom stereocenters. The molecule has 0 amide bonds. The predicted octanol–water partition coefficient (Wildman–Crippen LogP) is 2.60. The van der Waals surface area contributed by atoms with Crippen molar-refractivity contribution in [1.82, 2.24) is 5.32 Å². The van der Waals surface area contributed by atoms with Crippen LogP contribution < -0.4 is 5.32 Å². The summed E-state index contributed by atoms with van der Waals surface area (Å²) in [7, 11) is 0. The molecule has 0 radical (unpaired) electrons. The van der Waals surface area contributed by atoms with Crippen LogP contribution in [-0.4, -0.2) is 25.2 Å². The Morgan fingerprint density at radius 3 is 2.12 bits per heavy atom. The van der Waals surface area contributed by atoms with Crippen molar-refractivity contribution in [2.24, 2.45) is 11.8 Å². The molecule has 1 unspecified atom stereocenters. The number of carbonyl (C=O) groups excluding carboxylic acids is 1. The van der Waals surface area contributed by atoms with Crippen molar-refractivity contribution in [2.45, 2.75) is 53.5 Å². The van der Waals surface area contributed by atoms with E-state index >= 15 is 0 Å². The number of rotatable bonds is 8. The highest BCUT2D eigenvalue weighted by molar-refractivity contribution is 5.76. The number of ether oxygens (including phenoxy) is 1. The average molecular weight is 229 g/mol. The molecule has 0 aliphatic carbocycles. The smallest absolute Gasteiger partial charge is 0.323 e. The molecular formula is C13H27NO2. The van der Waals surface area contributed by atoms with Crippen LogP contribution in [0.2, 0.25) is 0 Å². The Labute approximate surface area is 99.9 Å². The Morgan fingerprint density at radius 2 is 1.75 bits per heavy atom. The van der Waals surface area contributed by atoms with Gasteiger partial charge in [-0.25, -0.2) is 0 Å². The van der Waals surface area contributed by atoms with Crippen molar-refractivity contribution in [3.05, 3.63) is 0 Å². The van der Waals surface area contributed by atoms with Crippen LogP contribution in [0.4, 0.5) is 0 Å². The molecule has 0 rings (SSSR count). The summed E-state index contributed by atoms with van der Waals surface area (Å²) in [6.45, 7) is 11.7. The molecular weight excluding hydrogens is 202 g/mol. The fourth-order valence-corrected chi connectivity index (χ4v) is 1.80. The molecule has 0 bridgehead atoms. The van der Waals surface area contributed by atoms with E-state index in [9.17, 15) is 4.79 Å². The van der Waals surface area contributed by atoms with E-state index in [0.29, 0.717) is 18.4 Å². The van der Waals surface area contributed by atoms with Crippen molar-refractivity contribution >= 4 is 5.97 Å². The largest absolute Gasteiger partial charge is 0.465 e. The minimum atomic E-state index is -0.141. The van der Waals surface area contributed by atoms with Crippen molar-refractivity contribution in [3.8, 4) is 0 Å². The Morgan fingerprint density at radius 1 is 1.19 bits per heavy atom. The van der Waals surface area contributed by atoms with Crippen molar-refractivity contribution < 1.29 is 9.53 Å². The molecule has 0 saturated heterocycles. The van der Waals surface area contributed by atoms with Gasteiger partial charge in [0, 0.05) is 0 Å². The minimum absolute atomic E-state index is 0.100. The SMILES string of the molecule is CCOC(=O)C(NCC(C)C)C(CC)CC. The van der Waals surface area contributed by atoms with E-state index in [1.54, 1.807) is 0 Å². The fraction of sp³-hybridized carbons (Fsp3) is 0.923. The third kappa shape index (κ3) is 5.50. The predicted molar refractivity (Wildman–Crippen MR) is 67.3 cm³/mol. The van der Waals surface area contributed by atoms with Crippen molar-refractivity contribution in [2.75, 3.05) is 13.2 Å². The molecule has 0 heterocycles. The van der Waals surface area contributed by atoms with E-state index in [4.69, 9.17) is 4.74 Å². The average Bonchev–Trinajstić information content (AvgIpc) is 2.24. The Bertz CT molecular complexity index is 188. The van der Waals surface area contributed by atoms with Crippen LogP contribution in [-0.2, 0) is 9.53 Å². The maximum atomic E-state index is 11.8. The van der Waals surface area contributed by atoms with Gasteiger partial charge in [0.05, 0.1) is 6.61 Å². The number of carbonyl (C=O) groups is 1. The molecule has 0 aromatic rings. The molecule has 0 aliphatic heterocycles. The second-order valence-corrected chi connectivity index (χ2v) is 4.61. The monoisotopic (exact) mass is 229 g/mol. The lowest BCUT2D eigenvalue weighted by molar-refractivity contribution is -0.147. The van der Waals surface area contributed by atoms with Crippen LogP contribution >= 0.6 is 0 Å². The van der Waals surface area contributed by atoms with Crippen LogP contribution in [0.15, 0.2) is 0 Å². The third-order valence-corrected chi connectivity index (χ3v) is 2.81. The summed E-state index contributed by atoms with van der Waals surface area (Å²) in [5.41, 5.74) is 0. The summed E-state index contributed by atoms with van der Waals surface area (Å²) in [6, 6.07) is -0.141. The zero-order chi connectivity index (χ0) is 12.6.